The molecule has 0 radical (unpaired) electrons. The van der Waals surface area contributed by atoms with E-state index in [9.17, 15) is 9.59 Å². The number of benzene rings is 2. The summed E-state index contributed by atoms with van der Waals surface area (Å²) in [6.45, 7) is 5.37. The van der Waals surface area contributed by atoms with Crippen LogP contribution in [0, 0.1) is 5.92 Å². The molecule has 0 saturated carbocycles. The molecule has 1 atom stereocenters. The third-order valence-corrected chi connectivity index (χ3v) is 7.38. The van der Waals surface area contributed by atoms with Crippen LogP contribution in [0.1, 0.15) is 47.8 Å². The van der Waals surface area contributed by atoms with Crippen LogP contribution in [0.4, 0.5) is 0 Å². The van der Waals surface area contributed by atoms with E-state index in [2.05, 4.69) is 17.4 Å². The number of nitrogens with one attached hydrogen (secondary N) is 1. The smallest absolute Gasteiger partial charge is 0.262 e. The molecule has 31 heavy (non-hydrogen) atoms. The standard InChI is InChI=1S/C25H27ClN2O2S/c1-16(2)23(27-24(29)22-15-19-5-3-4-6-21(19)31-22)25(30)28-13-11-18(12-14-28)17-7-9-20(26)10-8-17/h3-10,15-16,18,23H,11-14H2,1-2H3,(H,27,29)/t23-/m1/s1. The number of thiophene rings is 1. The van der Waals surface area contributed by atoms with Crippen LogP contribution >= 0.6 is 22.9 Å². The summed E-state index contributed by atoms with van der Waals surface area (Å²) in [7, 11) is 0. The highest BCUT2D eigenvalue weighted by Crippen LogP contribution is 2.30. The van der Waals surface area contributed by atoms with Gasteiger partial charge in [0.25, 0.3) is 5.91 Å². The van der Waals surface area contributed by atoms with Crippen molar-refractivity contribution < 1.29 is 9.59 Å². The Morgan fingerprint density at radius 3 is 2.39 bits per heavy atom. The van der Waals surface area contributed by atoms with Crippen LogP contribution in [-0.2, 0) is 4.79 Å². The maximum Gasteiger partial charge on any atom is 0.262 e. The van der Waals surface area contributed by atoms with Gasteiger partial charge in [-0.05, 0) is 59.9 Å². The van der Waals surface area contributed by atoms with Crippen LogP contribution in [0.25, 0.3) is 10.1 Å². The Hall–Kier alpha value is -2.37. The summed E-state index contributed by atoms with van der Waals surface area (Å²) in [6, 6.07) is 17.3. The Bertz CT molecular complexity index is 1040. The molecule has 0 unspecified atom stereocenters. The van der Waals surface area contributed by atoms with Gasteiger partial charge < -0.3 is 10.2 Å². The summed E-state index contributed by atoms with van der Waals surface area (Å²) >= 11 is 7.46. The number of carbonyl (C=O) groups excluding carboxylic acids is 2. The van der Waals surface area contributed by atoms with Crippen LogP contribution in [0.15, 0.2) is 54.6 Å². The van der Waals surface area contributed by atoms with Crippen molar-refractivity contribution in [2.45, 2.75) is 38.6 Å². The Kier molecular flexibility index (Phi) is 6.63. The zero-order valence-corrected chi connectivity index (χ0v) is 19.4. The van der Waals surface area contributed by atoms with E-state index in [1.54, 1.807) is 0 Å². The van der Waals surface area contributed by atoms with Crippen molar-refractivity contribution in [3.63, 3.8) is 0 Å². The quantitative estimate of drug-likeness (QED) is 0.536. The van der Waals surface area contributed by atoms with Crippen molar-refractivity contribution in [3.05, 3.63) is 70.1 Å². The fraction of sp³-hybridized carbons (Fsp3) is 0.360. The zero-order valence-electron chi connectivity index (χ0n) is 17.8. The van der Waals surface area contributed by atoms with Crippen LogP contribution in [0.3, 0.4) is 0 Å². The molecule has 162 valence electrons. The van der Waals surface area contributed by atoms with Gasteiger partial charge in [0.1, 0.15) is 6.04 Å². The van der Waals surface area contributed by atoms with Crippen molar-refractivity contribution in [3.8, 4) is 0 Å². The van der Waals surface area contributed by atoms with Crippen LogP contribution in [0.5, 0.6) is 0 Å². The molecule has 2 amide bonds. The molecule has 2 aromatic carbocycles. The predicted molar refractivity (Wildman–Crippen MR) is 128 cm³/mol. The Morgan fingerprint density at radius 1 is 1.06 bits per heavy atom. The molecule has 4 nitrogen and oxygen atoms in total. The van der Waals surface area contributed by atoms with Crippen molar-refractivity contribution in [1.82, 2.24) is 10.2 Å². The molecule has 3 aromatic rings. The maximum absolute atomic E-state index is 13.3. The van der Waals surface area contributed by atoms with Crippen molar-refractivity contribution in [2.75, 3.05) is 13.1 Å². The first-order valence-corrected chi connectivity index (χ1v) is 12.0. The van der Waals surface area contributed by atoms with Gasteiger partial charge in [0.15, 0.2) is 0 Å². The van der Waals surface area contributed by atoms with Crippen molar-refractivity contribution >= 4 is 44.8 Å². The highest BCUT2D eigenvalue weighted by Gasteiger charge is 2.32. The topological polar surface area (TPSA) is 49.4 Å². The number of rotatable bonds is 5. The average molecular weight is 455 g/mol. The van der Waals surface area contributed by atoms with Gasteiger partial charge in [0.2, 0.25) is 5.91 Å². The second-order valence-corrected chi connectivity index (χ2v) is 10.0. The highest BCUT2D eigenvalue weighted by atomic mass is 35.5. The van der Waals surface area contributed by atoms with E-state index in [0.29, 0.717) is 23.9 Å². The van der Waals surface area contributed by atoms with Crippen LogP contribution < -0.4 is 5.32 Å². The minimum atomic E-state index is -0.523. The van der Waals surface area contributed by atoms with Crippen molar-refractivity contribution in [2.24, 2.45) is 5.92 Å². The molecule has 1 saturated heterocycles. The molecule has 0 spiro atoms. The van der Waals surface area contributed by atoms with Crippen LogP contribution in [0.2, 0.25) is 5.02 Å². The molecular weight excluding hydrogens is 428 g/mol. The molecule has 2 heterocycles. The first kappa shape index (κ1) is 21.8. The first-order chi connectivity index (χ1) is 14.9. The van der Waals surface area contributed by atoms with E-state index in [0.717, 1.165) is 28.0 Å². The number of fused-ring (bicyclic) bond motifs is 1. The molecular formula is C25H27ClN2O2S. The number of halogens is 1. The summed E-state index contributed by atoms with van der Waals surface area (Å²) < 4.78 is 1.07. The summed E-state index contributed by atoms with van der Waals surface area (Å²) in [5, 5.41) is 4.80. The lowest BCUT2D eigenvalue weighted by Gasteiger charge is -2.35. The van der Waals surface area contributed by atoms with Gasteiger partial charge >= 0.3 is 0 Å². The molecule has 0 bridgehead atoms. The summed E-state index contributed by atoms with van der Waals surface area (Å²) in [5.74, 6) is 0.287. The number of carbonyl (C=O) groups is 2. The van der Waals surface area contributed by atoms with E-state index in [1.807, 2.05) is 61.2 Å². The third kappa shape index (κ3) is 4.94. The number of hydrogen-bond donors (Lipinski definition) is 1. The van der Waals surface area contributed by atoms with E-state index in [1.165, 1.54) is 16.9 Å². The Morgan fingerprint density at radius 2 is 1.74 bits per heavy atom. The number of piperidine rings is 1. The summed E-state index contributed by atoms with van der Waals surface area (Å²) in [6.07, 6.45) is 1.84. The van der Waals surface area contributed by atoms with Crippen LogP contribution in [-0.4, -0.2) is 35.8 Å². The van der Waals surface area contributed by atoms with Crippen molar-refractivity contribution in [1.29, 1.82) is 0 Å². The lowest BCUT2D eigenvalue weighted by atomic mass is 9.89. The minimum Gasteiger partial charge on any atom is -0.341 e. The van der Waals surface area contributed by atoms with E-state index < -0.39 is 6.04 Å². The fourth-order valence-electron chi connectivity index (χ4n) is 4.18. The average Bonchev–Trinajstić information content (AvgIpc) is 3.22. The fourth-order valence-corrected chi connectivity index (χ4v) is 5.28. The third-order valence-electron chi connectivity index (χ3n) is 6.02. The molecule has 1 aliphatic heterocycles. The second kappa shape index (κ2) is 9.41. The Labute approximate surface area is 192 Å². The van der Waals surface area contributed by atoms with Gasteiger partial charge in [-0.25, -0.2) is 0 Å². The van der Waals surface area contributed by atoms with E-state index >= 15 is 0 Å². The zero-order chi connectivity index (χ0) is 22.0. The lowest BCUT2D eigenvalue weighted by molar-refractivity contribution is -0.135. The monoisotopic (exact) mass is 454 g/mol. The van der Waals surface area contributed by atoms with Gasteiger partial charge in [-0.3, -0.25) is 9.59 Å². The first-order valence-electron chi connectivity index (χ1n) is 10.8. The highest BCUT2D eigenvalue weighted by molar-refractivity contribution is 7.20. The van der Waals surface area contributed by atoms with E-state index in [4.69, 9.17) is 11.6 Å². The largest absolute Gasteiger partial charge is 0.341 e. The SMILES string of the molecule is CC(C)[C@@H](NC(=O)c1cc2ccccc2s1)C(=O)N1CCC(c2ccc(Cl)cc2)CC1. The molecule has 1 N–H and O–H groups in total. The number of amides is 2. The molecule has 4 rings (SSSR count). The molecule has 6 heteroatoms. The van der Waals surface area contributed by atoms with E-state index in [-0.39, 0.29) is 17.7 Å². The molecule has 0 aliphatic carbocycles. The normalized spacial score (nSPS) is 15.9. The minimum absolute atomic E-state index is 0.0130. The number of hydrogen-bond acceptors (Lipinski definition) is 3. The number of nitrogens with zero attached hydrogens (tertiary/aromatic N) is 1. The van der Waals surface area contributed by atoms with Gasteiger partial charge in [0.05, 0.1) is 4.88 Å². The Balaban J connectivity index is 1.40. The summed E-state index contributed by atoms with van der Waals surface area (Å²) in [4.78, 5) is 28.7. The van der Waals surface area contributed by atoms with Gasteiger partial charge in [-0.2, -0.15) is 0 Å². The van der Waals surface area contributed by atoms with Gasteiger partial charge in [0, 0.05) is 22.8 Å². The second-order valence-electron chi connectivity index (χ2n) is 8.49. The summed E-state index contributed by atoms with van der Waals surface area (Å²) in [5.41, 5.74) is 1.27. The van der Waals surface area contributed by atoms with Gasteiger partial charge in [-0.1, -0.05) is 55.8 Å². The van der Waals surface area contributed by atoms with Gasteiger partial charge in [-0.15, -0.1) is 11.3 Å². The number of likely N-dealkylation sites (tertiary alicyclic amines) is 1. The molecule has 1 aromatic heterocycles. The predicted octanol–water partition coefficient (Wildman–Crippen LogP) is 5.72. The lowest BCUT2D eigenvalue weighted by Crippen LogP contribution is -2.52. The maximum atomic E-state index is 13.3. The molecule has 1 fully saturated rings. The molecule has 1 aliphatic rings.